The van der Waals surface area contributed by atoms with Gasteiger partial charge in [-0.15, -0.1) is 0 Å². The molecule has 0 amide bonds. The number of phenolic OH excluding ortho intramolecular Hbond substituents is 1. The Morgan fingerprint density at radius 2 is 1.74 bits per heavy atom. The number of benzene rings is 2. The normalized spacial score (nSPS) is 17.7. The second kappa shape index (κ2) is 7.81. The van der Waals surface area contributed by atoms with Crippen LogP contribution in [0.15, 0.2) is 30.3 Å². The molecule has 0 unspecified atom stereocenters. The van der Waals surface area contributed by atoms with Crippen molar-refractivity contribution in [2.24, 2.45) is 5.92 Å². The highest BCUT2D eigenvalue weighted by atomic mass is 16.5. The van der Waals surface area contributed by atoms with E-state index in [-0.39, 0.29) is 0 Å². The lowest BCUT2D eigenvalue weighted by molar-refractivity contribution is 0.250. The van der Waals surface area contributed by atoms with Gasteiger partial charge in [0, 0.05) is 25.2 Å². The molecule has 0 bridgehead atoms. The Hall–Kier alpha value is -2.20. The first-order valence-electron chi connectivity index (χ1n) is 9.93. The Bertz CT molecular complexity index is 814. The molecule has 1 N–H and O–H groups in total. The van der Waals surface area contributed by atoms with Crippen molar-refractivity contribution in [2.45, 2.75) is 38.6 Å². The van der Waals surface area contributed by atoms with Gasteiger partial charge in [0.25, 0.3) is 0 Å². The smallest absolute Gasteiger partial charge is 0.165 e. The Kier molecular flexibility index (Phi) is 5.26. The van der Waals surface area contributed by atoms with E-state index in [1.54, 1.807) is 14.2 Å². The Morgan fingerprint density at radius 1 is 0.963 bits per heavy atom. The van der Waals surface area contributed by atoms with E-state index in [0.717, 1.165) is 56.3 Å². The van der Waals surface area contributed by atoms with E-state index in [0.29, 0.717) is 5.75 Å². The van der Waals surface area contributed by atoms with Crippen LogP contribution in [-0.2, 0) is 25.8 Å². The second-order valence-electron chi connectivity index (χ2n) is 7.82. The van der Waals surface area contributed by atoms with Gasteiger partial charge in [-0.3, -0.25) is 4.90 Å². The molecule has 1 aliphatic carbocycles. The molecule has 4 rings (SSSR count). The van der Waals surface area contributed by atoms with Crippen molar-refractivity contribution in [3.63, 3.8) is 0 Å². The number of hydrogen-bond donors (Lipinski definition) is 1. The van der Waals surface area contributed by atoms with Crippen LogP contribution in [0, 0.1) is 5.92 Å². The molecule has 2 aliphatic rings. The zero-order valence-electron chi connectivity index (χ0n) is 16.3. The molecule has 0 atom stereocenters. The van der Waals surface area contributed by atoms with Gasteiger partial charge in [0.1, 0.15) is 5.75 Å². The number of rotatable bonds is 4. The largest absolute Gasteiger partial charge is 0.508 e. The molecule has 144 valence electrons. The summed E-state index contributed by atoms with van der Waals surface area (Å²) in [5, 5.41) is 9.95. The number of fused-ring (bicyclic) bond motifs is 2. The number of aryl methyl sites for hydroxylation is 2. The maximum absolute atomic E-state index is 9.95. The summed E-state index contributed by atoms with van der Waals surface area (Å²) in [4.78, 5) is 2.57. The number of phenols is 1. The minimum Gasteiger partial charge on any atom is -0.508 e. The topological polar surface area (TPSA) is 41.9 Å². The highest BCUT2D eigenvalue weighted by molar-refractivity contribution is 5.51. The molecule has 1 fully saturated rings. The molecule has 1 heterocycles. The lowest BCUT2D eigenvalue weighted by Gasteiger charge is -2.27. The van der Waals surface area contributed by atoms with Crippen LogP contribution in [0.5, 0.6) is 17.2 Å². The van der Waals surface area contributed by atoms with Gasteiger partial charge in [-0.1, -0.05) is 12.1 Å². The molecule has 4 nitrogen and oxygen atoms in total. The van der Waals surface area contributed by atoms with Gasteiger partial charge in [0.15, 0.2) is 11.5 Å². The Morgan fingerprint density at radius 3 is 2.48 bits per heavy atom. The first-order chi connectivity index (χ1) is 13.2. The van der Waals surface area contributed by atoms with Crippen LogP contribution in [0.1, 0.15) is 35.1 Å². The predicted molar refractivity (Wildman–Crippen MR) is 107 cm³/mol. The van der Waals surface area contributed by atoms with Gasteiger partial charge in [-0.25, -0.2) is 0 Å². The minimum atomic E-state index is 0.355. The summed E-state index contributed by atoms with van der Waals surface area (Å²) in [7, 11) is 3.43. The maximum Gasteiger partial charge on any atom is 0.165 e. The van der Waals surface area contributed by atoms with E-state index in [1.165, 1.54) is 35.1 Å². The summed E-state index contributed by atoms with van der Waals surface area (Å²) < 4.78 is 11.3. The summed E-state index contributed by atoms with van der Waals surface area (Å²) >= 11 is 0. The second-order valence-corrected chi connectivity index (χ2v) is 7.82. The van der Waals surface area contributed by atoms with Crippen LogP contribution in [0.25, 0.3) is 0 Å². The van der Waals surface area contributed by atoms with Crippen LogP contribution in [-0.4, -0.2) is 37.3 Å². The van der Waals surface area contributed by atoms with E-state index in [4.69, 9.17) is 9.47 Å². The van der Waals surface area contributed by atoms with E-state index in [2.05, 4.69) is 17.0 Å². The molecule has 4 heteroatoms. The van der Waals surface area contributed by atoms with Gasteiger partial charge in [-0.2, -0.15) is 0 Å². The van der Waals surface area contributed by atoms with Crippen LogP contribution in [0.3, 0.4) is 0 Å². The first-order valence-corrected chi connectivity index (χ1v) is 9.93. The SMILES string of the molecule is COc1ccc2c(c1OC)CN(CC1CC1)CCc1ccc(O)cc1CC2. The van der Waals surface area contributed by atoms with Crippen LogP contribution in [0.4, 0.5) is 0 Å². The van der Waals surface area contributed by atoms with Crippen molar-refractivity contribution in [1.29, 1.82) is 0 Å². The van der Waals surface area contributed by atoms with Gasteiger partial charge in [-0.05, 0) is 72.9 Å². The number of methoxy groups -OCH3 is 2. The van der Waals surface area contributed by atoms with Crippen molar-refractivity contribution >= 4 is 0 Å². The van der Waals surface area contributed by atoms with Crippen molar-refractivity contribution in [3.05, 3.63) is 52.6 Å². The summed E-state index contributed by atoms with van der Waals surface area (Å²) in [6, 6.07) is 10.0. The summed E-state index contributed by atoms with van der Waals surface area (Å²) in [5.41, 5.74) is 5.17. The third-order valence-electron chi connectivity index (χ3n) is 5.89. The molecule has 0 saturated heterocycles. The molecule has 0 aromatic heterocycles. The molecular formula is C23H29NO3. The van der Waals surface area contributed by atoms with Gasteiger partial charge >= 0.3 is 0 Å². The predicted octanol–water partition coefficient (Wildman–Crippen LogP) is 3.96. The van der Waals surface area contributed by atoms with E-state index in [1.807, 2.05) is 18.2 Å². The van der Waals surface area contributed by atoms with Crippen molar-refractivity contribution in [3.8, 4) is 17.2 Å². The average Bonchev–Trinajstić information content (AvgIpc) is 3.49. The monoisotopic (exact) mass is 367 g/mol. The van der Waals surface area contributed by atoms with Gasteiger partial charge in [0.05, 0.1) is 14.2 Å². The van der Waals surface area contributed by atoms with Crippen molar-refractivity contribution in [1.82, 2.24) is 4.90 Å². The molecule has 0 radical (unpaired) electrons. The van der Waals surface area contributed by atoms with E-state index >= 15 is 0 Å². The molecule has 27 heavy (non-hydrogen) atoms. The van der Waals surface area contributed by atoms with E-state index in [9.17, 15) is 5.11 Å². The zero-order chi connectivity index (χ0) is 18.8. The third kappa shape index (κ3) is 4.06. The summed E-state index contributed by atoms with van der Waals surface area (Å²) in [6.45, 7) is 3.07. The Labute approximate surface area is 161 Å². The van der Waals surface area contributed by atoms with Gasteiger partial charge < -0.3 is 14.6 Å². The number of ether oxygens (including phenoxy) is 2. The molecule has 0 spiro atoms. The average molecular weight is 367 g/mol. The van der Waals surface area contributed by atoms with Gasteiger partial charge in [0.2, 0.25) is 0 Å². The third-order valence-corrected chi connectivity index (χ3v) is 5.89. The lowest BCUT2D eigenvalue weighted by atomic mass is 9.93. The van der Waals surface area contributed by atoms with Crippen LogP contribution < -0.4 is 9.47 Å². The number of nitrogens with zero attached hydrogens (tertiary/aromatic N) is 1. The Balaban J connectivity index is 1.73. The fraction of sp³-hybridized carbons (Fsp3) is 0.478. The first kappa shape index (κ1) is 18.2. The maximum atomic E-state index is 9.95. The molecule has 1 saturated carbocycles. The zero-order valence-corrected chi connectivity index (χ0v) is 16.3. The molecule has 2 aromatic rings. The highest BCUT2D eigenvalue weighted by Gasteiger charge is 2.26. The summed E-state index contributed by atoms with van der Waals surface area (Å²) in [6.07, 6.45) is 5.58. The quantitative estimate of drug-likeness (QED) is 0.888. The number of hydrogen-bond acceptors (Lipinski definition) is 4. The number of aromatic hydroxyl groups is 1. The molecular weight excluding hydrogens is 338 g/mol. The minimum absolute atomic E-state index is 0.355. The summed E-state index contributed by atoms with van der Waals surface area (Å²) in [5.74, 6) is 2.87. The highest BCUT2D eigenvalue weighted by Crippen LogP contribution is 2.37. The molecule has 2 aromatic carbocycles. The molecule has 1 aliphatic heterocycles. The van der Waals surface area contributed by atoms with Crippen molar-refractivity contribution < 1.29 is 14.6 Å². The van der Waals surface area contributed by atoms with Crippen molar-refractivity contribution in [2.75, 3.05) is 27.3 Å². The fourth-order valence-corrected chi connectivity index (χ4v) is 4.20. The van der Waals surface area contributed by atoms with Crippen LogP contribution in [0.2, 0.25) is 0 Å². The van der Waals surface area contributed by atoms with E-state index < -0.39 is 0 Å². The lowest BCUT2D eigenvalue weighted by Crippen LogP contribution is -2.29. The fourth-order valence-electron chi connectivity index (χ4n) is 4.20. The van der Waals surface area contributed by atoms with Crippen LogP contribution >= 0.6 is 0 Å². The standard InChI is InChI=1S/C23H29NO3/c1-26-22-10-8-18-5-6-19-13-20(25)9-7-17(19)11-12-24(14-16-3-4-16)15-21(18)23(22)27-2/h7-10,13,16,25H,3-6,11-12,14-15H2,1-2H3.